The Labute approximate surface area is 154 Å². The van der Waals surface area contributed by atoms with Crippen LogP contribution in [0.4, 0.5) is 0 Å². The van der Waals surface area contributed by atoms with Gasteiger partial charge < -0.3 is 18.6 Å². The van der Waals surface area contributed by atoms with Crippen molar-refractivity contribution in [3.63, 3.8) is 0 Å². The number of carbonyl (C=O) groups excluding carboxylic acids is 2. The van der Waals surface area contributed by atoms with Crippen molar-refractivity contribution in [2.75, 3.05) is 19.6 Å². The standard InChI is InChI=1S/C20H28N2O4/c1-4-10-21(11-5-2)19(23)8-12-22(15-17-7-6-13-26-17)20(24)18-9-14-25-16(18)3/h6-7,9,13-14H,4-5,8,10-12,15H2,1-3H3. The largest absolute Gasteiger partial charge is 0.469 e. The topological polar surface area (TPSA) is 66.9 Å². The lowest BCUT2D eigenvalue weighted by molar-refractivity contribution is -0.131. The monoisotopic (exact) mass is 360 g/mol. The van der Waals surface area contributed by atoms with Crippen LogP contribution in [0.3, 0.4) is 0 Å². The minimum atomic E-state index is -0.155. The Morgan fingerprint density at radius 2 is 1.69 bits per heavy atom. The van der Waals surface area contributed by atoms with Crippen molar-refractivity contribution in [1.29, 1.82) is 0 Å². The van der Waals surface area contributed by atoms with E-state index in [9.17, 15) is 9.59 Å². The van der Waals surface area contributed by atoms with Gasteiger partial charge in [0.05, 0.1) is 24.6 Å². The minimum Gasteiger partial charge on any atom is -0.469 e. The first kappa shape index (κ1) is 19.8. The third kappa shape index (κ3) is 5.25. The second kappa shape index (κ2) is 9.85. The number of furan rings is 2. The van der Waals surface area contributed by atoms with Gasteiger partial charge in [-0.1, -0.05) is 13.8 Å². The zero-order valence-corrected chi connectivity index (χ0v) is 15.9. The molecule has 6 heteroatoms. The average molecular weight is 360 g/mol. The van der Waals surface area contributed by atoms with Crippen LogP contribution >= 0.6 is 0 Å². The summed E-state index contributed by atoms with van der Waals surface area (Å²) in [7, 11) is 0. The normalized spacial score (nSPS) is 10.7. The maximum absolute atomic E-state index is 12.9. The van der Waals surface area contributed by atoms with E-state index in [4.69, 9.17) is 8.83 Å². The van der Waals surface area contributed by atoms with E-state index in [2.05, 4.69) is 13.8 Å². The second-order valence-corrected chi connectivity index (χ2v) is 6.33. The number of amides is 2. The van der Waals surface area contributed by atoms with Gasteiger partial charge in [-0.05, 0) is 38.0 Å². The van der Waals surface area contributed by atoms with E-state index in [1.165, 1.54) is 6.26 Å². The highest BCUT2D eigenvalue weighted by atomic mass is 16.3. The SMILES string of the molecule is CCCN(CCC)C(=O)CCN(Cc1ccco1)C(=O)c1ccoc1C. The lowest BCUT2D eigenvalue weighted by Gasteiger charge is -2.25. The highest BCUT2D eigenvalue weighted by Gasteiger charge is 2.22. The number of rotatable bonds is 10. The van der Waals surface area contributed by atoms with E-state index in [1.807, 2.05) is 11.0 Å². The highest BCUT2D eigenvalue weighted by Crippen LogP contribution is 2.16. The van der Waals surface area contributed by atoms with Gasteiger partial charge in [-0.15, -0.1) is 0 Å². The zero-order chi connectivity index (χ0) is 18.9. The van der Waals surface area contributed by atoms with Crippen LogP contribution in [-0.4, -0.2) is 41.2 Å². The quantitative estimate of drug-likeness (QED) is 0.645. The van der Waals surface area contributed by atoms with Crippen LogP contribution in [0.5, 0.6) is 0 Å². The molecule has 2 aromatic rings. The van der Waals surface area contributed by atoms with Gasteiger partial charge in [0, 0.05) is 26.1 Å². The summed E-state index contributed by atoms with van der Waals surface area (Å²) in [5, 5.41) is 0. The predicted octanol–water partition coefficient (Wildman–Crippen LogP) is 3.86. The maximum atomic E-state index is 12.9. The molecule has 0 bridgehead atoms. The van der Waals surface area contributed by atoms with E-state index < -0.39 is 0 Å². The summed E-state index contributed by atoms with van der Waals surface area (Å²) in [6.45, 7) is 8.04. The molecule has 0 N–H and O–H groups in total. The second-order valence-electron chi connectivity index (χ2n) is 6.33. The molecule has 2 aromatic heterocycles. The first-order chi connectivity index (χ1) is 12.6. The van der Waals surface area contributed by atoms with Gasteiger partial charge in [0.2, 0.25) is 5.91 Å². The third-order valence-corrected chi connectivity index (χ3v) is 4.24. The summed E-state index contributed by atoms with van der Waals surface area (Å²) in [4.78, 5) is 29.0. The summed E-state index contributed by atoms with van der Waals surface area (Å²) in [5.74, 6) is 1.18. The molecule has 26 heavy (non-hydrogen) atoms. The van der Waals surface area contributed by atoms with Crippen molar-refractivity contribution in [1.82, 2.24) is 9.80 Å². The molecular formula is C20H28N2O4. The predicted molar refractivity (Wildman–Crippen MR) is 98.7 cm³/mol. The van der Waals surface area contributed by atoms with Crippen LogP contribution in [0.1, 0.15) is 55.0 Å². The number of hydrogen-bond donors (Lipinski definition) is 0. The average Bonchev–Trinajstić information content (AvgIpc) is 3.29. The van der Waals surface area contributed by atoms with E-state index in [-0.39, 0.29) is 11.8 Å². The Morgan fingerprint density at radius 3 is 2.23 bits per heavy atom. The Morgan fingerprint density at radius 1 is 0.962 bits per heavy atom. The first-order valence-electron chi connectivity index (χ1n) is 9.20. The van der Waals surface area contributed by atoms with Crippen molar-refractivity contribution >= 4 is 11.8 Å². The summed E-state index contributed by atoms with van der Waals surface area (Å²) in [6.07, 6.45) is 5.23. The van der Waals surface area contributed by atoms with E-state index >= 15 is 0 Å². The van der Waals surface area contributed by atoms with Crippen molar-refractivity contribution < 1.29 is 18.4 Å². The molecule has 2 rings (SSSR count). The van der Waals surface area contributed by atoms with Gasteiger partial charge >= 0.3 is 0 Å². The summed E-state index contributed by atoms with van der Waals surface area (Å²) < 4.78 is 10.6. The van der Waals surface area contributed by atoms with E-state index in [0.717, 1.165) is 25.9 Å². The molecule has 2 heterocycles. The highest BCUT2D eigenvalue weighted by molar-refractivity contribution is 5.95. The van der Waals surface area contributed by atoms with Crippen LogP contribution in [0.2, 0.25) is 0 Å². The molecule has 0 radical (unpaired) electrons. The lowest BCUT2D eigenvalue weighted by Crippen LogP contribution is -2.37. The molecule has 2 amide bonds. The number of carbonyl (C=O) groups is 2. The van der Waals surface area contributed by atoms with Crippen LogP contribution in [-0.2, 0) is 11.3 Å². The van der Waals surface area contributed by atoms with Crippen molar-refractivity contribution in [2.24, 2.45) is 0 Å². The molecule has 0 atom stereocenters. The van der Waals surface area contributed by atoms with Crippen LogP contribution in [0.15, 0.2) is 39.6 Å². The fraction of sp³-hybridized carbons (Fsp3) is 0.500. The molecule has 0 spiro atoms. The van der Waals surface area contributed by atoms with E-state index in [1.54, 1.807) is 30.2 Å². The molecule has 0 aliphatic rings. The Bertz CT molecular complexity index is 684. The number of hydrogen-bond acceptors (Lipinski definition) is 4. The molecule has 142 valence electrons. The van der Waals surface area contributed by atoms with Crippen LogP contribution < -0.4 is 0 Å². The molecule has 0 saturated heterocycles. The van der Waals surface area contributed by atoms with Crippen LogP contribution in [0.25, 0.3) is 0 Å². The van der Waals surface area contributed by atoms with E-state index in [0.29, 0.717) is 36.6 Å². The maximum Gasteiger partial charge on any atom is 0.257 e. The third-order valence-electron chi connectivity index (χ3n) is 4.24. The molecule has 0 aliphatic carbocycles. The molecular weight excluding hydrogens is 332 g/mol. The molecule has 0 unspecified atom stereocenters. The van der Waals surface area contributed by atoms with Crippen LogP contribution in [0, 0.1) is 6.92 Å². The van der Waals surface area contributed by atoms with Gasteiger partial charge in [0.15, 0.2) is 0 Å². The van der Waals surface area contributed by atoms with Gasteiger partial charge in [-0.25, -0.2) is 0 Å². The first-order valence-corrected chi connectivity index (χ1v) is 9.20. The Hall–Kier alpha value is -2.50. The van der Waals surface area contributed by atoms with Gasteiger partial charge in [-0.3, -0.25) is 9.59 Å². The summed E-state index contributed by atoms with van der Waals surface area (Å²) in [5.41, 5.74) is 0.517. The molecule has 0 aromatic carbocycles. The number of nitrogens with zero attached hydrogens (tertiary/aromatic N) is 2. The summed E-state index contributed by atoms with van der Waals surface area (Å²) in [6, 6.07) is 5.27. The minimum absolute atomic E-state index is 0.0786. The fourth-order valence-electron chi connectivity index (χ4n) is 2.91. The van der Waals surface area contributed by atoms with Gasteiger partial charge in [0.25, 0.3) is 5.91 Å². The van der Waals surface area contributed by atoms with Gasteiger partial charge in [0.1, 0.15) is 11.5 Å². The molecule has 6 nitrogen and oxygen atoms in total. The Kier molecular flexibility index (Phi) is 7.51. The fourth-order valence-corrected chi connectivity index (χ4v) is 2.91. The lowest BCUT2D eigenvalue weighted by atomic mass is 10.2. The summed E-state index contributed by atoms with van der Waals surface area (Å²) >= 11 is 0. The zero-order valence-electron chi connectivity index (χ0n) is 15.9. The van der Waals surface area contributed by atoms with Gasteiger partial charge in [-0.2, -0.15) is 0 Å². The molecule has 0 fully saturated rings. The smallest absolute Gasteiger partial charge is 0.257 e. The number of aryl methyl sites for hydroxylation is 1. The Balaban J connectivity index is 2.07. The molecule has 0 aliphatic heterocycles. The van der Waals surface area contributed by atoms with Crippen molar-refractivity contribution in [3.8, 4) is 0 Å². The van der Waals surface area contributed by atoms with Crippen molar-refractivity contribution in [2.45, 2.75) is 46.6 Å². The van der Waals surface area contributed by atoms with Crippen molar-refractivity contribution in [3.05, 3.63) is 47.8 Å². The molecule has 0 saturated carbocycles.